The summed E-state index contributed by atoms with van der Waals surface area (Å²) in [5, 5.41) is 75.9. The van der Waals surface area contributed by atoms with Crippen LogP contribution < -0.4 is 28.3 Å². The van der Waals surface area contributed by atoms with Gasteiger partial charge in [-0.05, 0) is 31.7 Å². The molecule has 0 aromatic carbocycles. The molecule has 2 unspecified atom stereocenters. The van der Waals surface area contributed by atoms with E-state index in [-0.39, 0.29) is 25.9 Å². The van der Waals surface area contributed by atoms with Crippen molar-refractivity contribution in [3.63, 3.8) is 0 Å². The van der Waals surface area contributed by atoms with E-state index in [1.165, 1.54) is 0 Å². The lowest BCUT2D eigenvalue weighted by Gasteiger charge is -2.49. The summed E-state index contributed by atoms with van der Waals surface area (Å²) in [6.45, 7) is 2.13. The van der Waals surface area contributed by atoms with E-state index in [4.69, 9.17) is 41.9 Å². The van der Waals surface area contributed by atoms with Crippen LogP contribution in [0.3, 0.4) is 0 Å². The van der Waals surface area contributed by atoms with Gasteiger partial charge in [0, 0.05) is 19.1 Å². The van der Waals surface area contributed by atoms with Gasteiger partial charge in [-0.2, -0.15) is 0 Å². The highest BCUT2D eigenvalue weighted by Crippen LogP contribution is 2.36. The fourth-order valence-electron chi connectivity index (χ4n) is 5.58. The van der Waals surface area contributed by atoms with Crippen molar-refractivity contribution in [2.45, 2.75) is 118 Å². The summed E-state index contributed by atoms with van der Waals surface area (Å²) in [6.07, 6.45) is -13.6. The van der Waals surface area contributed by atoms with Crippen LogP contribution in [0.1, 0.15) is 26.2 Å². The lowest BCUT2D eigenvalue weighted by Crippen LogP contribution is -2.67. The maximum atomic E-state index is 11.5. The predicted molar refractivity (Wildman–Crippen MR) is 139 cm³/mol. The van der Waals surface area contributed by atoms with E-state index in [0.717, 1.165) is 0 Å². The molecule has 0 spiro atoms. The molecular weight excluding hydrogens is 534 g/mol. The first kappa shape index (κ1) is 33.9. The van der Waals surface area contributed by atoms with E-state index in [1.807, 2.05) is 6.92 Å². The highest BCUT2D eigenvalue weighted by atomic mass is 16.7. The summed E-state index contributed by atoms with van der Waals surface area (Å²) in [5.41, 5.74) is 24.0. The normalized spacial score (nSPS) is 47.2. The van der Waals surface area contributed by atoms with Crippen LogP contribution in [0.25, 0.3) is 0 Å². The molecule has 236 valence electrons. The number of aliphatic hydroxyl groups is 7. The highest BCUT2D eigenvalue weighted by Gasteiger charge is 2.51. The first-order valence-corrected chi connectivity index (χ1v) is 13.9. The third-order valence-electron chi connectivity index (χ3n) is 8.14. The van der Waals surface area contributed by atoms with Crippen LogP contribution in [0.2, 0.25) is 0 Å². The molecular formula is C24H49N5O11. The molecule has 0 aromatic rings. The van der Waals surface area contributed by atoms with Gasteiger partial charge in [0.25, 0.3) is 0 Å². The minimum absolute atomic E-state index is 0.0348. The second-order valence-electron chi connectivity index (χ2n) is 11.0. The van der Waals surface area contributed by atoms with Gasteiger partial charge in [-0.25, -0.2) is 0 Å². The maximum Gasteiger partial charge on any atom is 0.186 e. The van der Waals surface area contributed by atoms with Gasteiger partial charge >= 0.3 is 0 Å². The first-order valence-electron chi connectivity index (χ1n) is 13.9. The van der Waals surface area contributed by atoms with Crippen LogP contribution >= 0.6 is 0 Å². The molecule has 3 aliphatic rings. The van der Waals surface area contributed by atoms with E-state index in [9.17, 15) is 35.7 Å². The van der Waals surface area contributed by atoms with Crippen molar-refractivity contribution in [3.8, 4) is 0 Å². The molecule has 3 rings (SSSR count). The van der Waals surface area contributed by atoms with E-state index < -0.39 is 104 Å². The number of likely N-dealkylation sites (N-methyl/N-ethyl adjacent to an activating group) is 1. The van der Waals surface area contributed by atoms with Crippen LogP contribution in [0.4, 0.5) is 0 Å². The molecule has 2 aliphatic heterocycles. The van der Waals surface area contributed by atoms with Crippen LogP contribution in [-0.2, 0) is 18.9 Å². The number of rotatable bonds is 12. The fourth-order valence-corrected chi connectivity index (χ4v) is 5.58. The number of nitrogens with two attached hydrogens (primary N) is 4. The largest absolute Gasteiger partial charge is 0.394 e. The highest BCUT2D eigenvalue weighted by molar-refractivity contribution is 5.00. The number of hydrogen-bond acceptors (Lipinski definition) is 16. The predicted octanol–water partition coefficient (Wildman–Crippen LogP) is -6.29. The third kappa shape index (κ3) is 7.65. The van der Waals surface area contributed by atoms with Gasteiger partial charge in [0.15, 0.2) is 12.6 Å². The van der Waals surface area contributed by atoms with Gasteiger partial charge in [0.05, 0.1) is 30.9 Å². The zero-order valence-electron chi connectivity index (χ0n) is 22.8. The molecule has 0 bridgehead atoms. The smallest absolute Gasteiger partial charge is 0.186 e. The number of hydrogen-bond donors (Lipinski definition) is 12. The molecule has 16 N–H and O–H groups in total. The quantitative estimate of drug-likeness (QED) is 0.102. The summed E-state index contributed by atoms with van der Waals surface area (Å²) in [6, 6.07) is -3.11. The second kappa shape index (κ2) is 15.2. The van der Waals surface area contributed by atoms with Crippen molar-refractivity contribution >= 4 is 0 Å². The third-order valence-corrected chi connectivity index (χ3v) is 8.14. The Bertz CT molecular complexity index is 760. The molecule has 0 radical (unpaired) electrons. The van der Waals surface area contributed by atoms with Crippen molar-refractivity contribution in [1.82, 2.24) is 5.32 Å². The molecule has 2 heterocycles. The summed E-state index contributed by atoms with van der Waals surface area (Å²) < 4.78 is 23.5. The Morgan fingerprint density at radius 1 is 0.850 bits per heavy atom. The Hall–Kier alpha value is -0.640. The fraction of sp³-hybridized carbons (Fsp3) is 1.00. The summed E-state index contributed by atoms with van der Waals surface area (Å²) >= 11 is 0. The molecule has 0 amide bonds. The maximum absolute atomic E-state index is 11.5. The van der Waals surface area contributed by atoms with Crippen LogP contribution in [0.5, 0.6) is 0 Å². The van der Waals surface area contributed by atoms with Crippen LogP contribution in [-0.4, -0.2) is 154 Å². The standard InChI is InChI=1S/C24H49N5O11/c1-2-29-7-12-17(33)18(34)15(28)23(37-12)40-22-11(26)5-9(3-4-10(31)6-25)21(20(22)36)39-24-19(35)14(27)16(32)13(8-30)38-24/h9-24,29-36H,2-8,25-28H2,1H3/t9-,10?,11+,12-,13-,14+,15-,16-,17-,18-,19-,20-,21+,22?,23-,24-/m1/s1. The van der Waals surface area contributed by atoms with E-state index in [2.05, 4.69) is 5.32 Å². The van der Waals surface area contributed by atoms with Gasteiger partial charge in [0.1, 0.15) is 48.8 Å². The van der Waals surface area contributed by atoms with Crippen molar-refractivity contribution < 1.29 is 54.7 Å². The number of nitrogens with one attached hydrogen (secondary N) is 1. The molecule has 16 atom stereocenters. The Morgan fingerprint density at radius 3 is 2.12 bits per heavy atom. The second-order valence-corrected chi connectivity index (χ2v) is 11.0. The zero-order chi connectivity index (χ0) is 29.7. The lowest BCUT2D eigenvalue weighted by atomic mass is 9.77. The topological polar surface area (TPSA) is 295 Å². The van der Waals surface area contributed by atoms with Gasteiger partial charge in [-0.3, -0.25) is 0 Å². The Morgan fingerprint density at radius 2 is 1.50 bits per heavy atom. The van der Waals surface area contributed by atoms with Crippen LogP contribution in [0.15, 0.2) is 0 Å². The first-order chi connectivity index (χ1) is 18.9. The number of aliphatic hydroxyl groups excluding tert-OH is 7. The Labute approximate surface area is 233 Å². The minimum atomic E-state index is -1.49. The van der Waals surface area contributed by atoms with Gasteiger partial charge < -0.3 is 82.9 Å². The van der Waals surface area contributed by atoms with Crippen molar-refractivity contribution in [1.29, 1.82) is 0 Å². The molecule has 40 heavy (non-hydrogen) atoms. The van der Waals surface area contributed by atoms with E-state index in [0.29, 0.717) is 13.0 Å². The Kier molecular flexibility index (Phi) is 12.9. The van der Waals surface area contributed by atoms with Crippen molar-refractivity contribution in [2.24, 2.45) is 28.9 Å². The SMILES string of the molecule is CCNC[C@H]1O[C@H](OC2[C@@H](N)C[C@@H](CCC(O)CN)[C@H](O[C@H]3O[C@H](CO)[C@@H](O)[C@H](N)[C@H]3O)[C@H]2O)[C@H](N)[C@@H](O)[C@@H]1O. The average molecular weight is 584 g/mol. The summed E-state index contributed by atoms with van der Waals surface area (Å²) in [4.78, 5) is 0. The lowest BCUT2D eigenvalue weighted by molar-refractivity contribution is -0.324. The molecule has 16 nitrogen and oxygen atoms in total. The molecule has 1 saturated carbocycles. The minimum Gasteiger partial charge on any atom is -0.394 e. The number of ether oxygens (including phenoxy) is 4. The molecule has 1 aliphatic carbocycles. The van der Waals surface area contributed by atoms with Gasteiger partial charge in [0.2, 0.25) is 0 Å². The Balaban J connectivity index is 1.80. The van der Waals surface area contributed by atoms with Crippen molar-refractivity contribution in [3.05, 3.63) is 0 Å². The summed E-state index contributed by atoms with van der Waals surface area (Å²) in [5.74, 6) is -0.452. The van der Waals surface area contributed by atoms with Gasteiger partial charge in [-0.1, -0.05) is 6.92 Å². The summed E-state index contributed by atoms with van der Waals surface area (Å²) in [7, 11) is 0. The van der Waals surface area contributed by atoms with E-state index in [1.54, 1.807) is 0 Å². The zero-order valence-corrected chi connectivity index (χ0v) is 22.8. The molecule has 3 fully saturated rings. The van der Waals surface area contributed by atoms with Crippen molar-refractivity contribution in [2.75, 3.05) is 26.2 Å². The van der Waals surface area contributed by atoms with Crippen LogP contribution in [0, 0.1) is 5.92 Å². The molecule has 16 heteroatoms. The molecule has 2 saturated heterocycles. The molecule has 0 aromatic heterocycles. The van der Waals surface area contributed by atoms with Gasteiger partial charge in [-0.15, -0.1) is 0 Å². The average Bonchev–Trinajstić information content (AvgIpc) is 2.94. The van der Waals surface area contributed by atoms with E-state index >= 15 is 0 Å². The monoisotopic (exact) mass is 583 g/mol.